The maximum absolute atomic E-state index is 12.9. The smallest absolute Gasteiger partial charge is 0.226 e. The minimum atomic E-state index is 0.0388. The number of hydrogen-bond donors (Lipinski definition) is 1. The van der Waals surface area contributed by atoms with E-state index in [1.807, 2.05) is 18.2 Å². The van der Waals surface area contributed by atoms with Crippen molar-refractivity contribution in [3.8, 4) is 0 Å². The van der Waals surface area contributed by atoms with Gasteiger partial charge in [0.25, 0.3) is 0 Å². The summed E-state index contributed by atoms with van der Waals surface area (Å²) in [6, 6.07) is 25.2. The molecule has 2 heterocycles. The molecule has 1 aliphatic carbocycles. The largest absolute Gasteiger partial charge is 0.344 e. The van der Waals surface area contributed by atoms with Crippen LogP contribution in [0.1, 0.15) is 41.9 Å². The minimum Gasteiger partial charge on any atom is -0.344 e. The van der Waals surface area contributed by atoms with Crippen molar-refractivity contribution in [2.45, 2.75) is 51.5 Å². The van der Waals surface area contributed by atoms with Crippen molar-refractivity contribution in [3.05, 3.63) is 95.4 Å². The van der Waals surface area contributed by atoms with E-state index >= 15 is 0 Å². The van der Waals surface area contributed by atoms with Crippen molar-refractivity contribution in [1.82, 2.24) is 14.1 Å². The molecule has 36 heavy (non-hydrogen) atoms. The molecule has 5 nitrogen and oxygen atoms in total. The fourth-order valence-electron chi connectivity index (χ4n) is 5.73. The first kappa shape index (κ1) is 22.6. The lowest BCUT2D eigenvalue weighted by Crippen LogP contribution is -2.16. The molecule has 0 spiro atoms. The van der Waals surface area contributed by atoms with Crippen LogP contribution in [-0.4, -0.2) is 20.0 Å². The van der Waals surface area contributed by atoms with Gasteiger partial charge >= 0.3 is 0 Å². The van der Waals surface area contributed by atoms with Crippen molar-refractivity contribution < 1.29 is 4.79 Å². The van der Waals surface area contributed by atoms with Crippen LogP contribution in [0, 0.1) is 0 Å². The number of para-hydroxylation sites is 1. The van der Waals surface area contributed by atoms with Gasteiger partial charge in [-0.1, -0.05) is 48.5 Å². The number of anilines is 1. The summed E-state index contributed by atoms with van der Waals surface area (Å²) in [6.45, 7) is 0.706. The monoisotopic (exact) mass is 476 g/mol. The fourth-order valence-corrected chi connectivity index (χ4v) is 5.73. The average Bonchev–Trinajstić information content (AvgIpc) is 3.40. The molecule has 0 fully saturated rings. The third-order valence-electron chi connectivity index (χ3n) is 7.58. The number of amides is 1. The molecule has 0 aliphatic heterocycles. The molecule has 0 saturated carbocycles. The normalized spacial score (nSPS) is 13.2. The maximum Gasteiger partial charge on any atom is 0.226 e. The van der Waals surface area contributed by atoms with Gasteiger partial charge in [0, 0.05) is 48.7 Å². The number of benzene rings is 3. The highest BCUT2D eigenvalue weighted by molar-refractivity contribution is 5.93. The van der Waals surface area contributed by atoms with Crippen molar-refractivity contribution in [3.63, 3.8) is 0 Å². The summed E-state index contributed by atoms with van der Waals surface area (Å²) in [5.74, 6) is 1.10. The molecule has 6 rings (SSSR count). The molecule has 5 heteroatoms. The summed E-state index contributed by atoms with van der Waals surface area (Å²) in [4.78, 5) is 17.8. The second-order valence-corrected chi connectivity index (χ2v) is 9.88. The number of carbonyl (C=O) groups is 1. The van der Waals surface area contributed by atoms with E-state index in [9.17, 15) is 4.79 Å². The summed E-state index contributed by atoms with van der Waals surface area (Å²) in [5.41, 5.74) is 8.29. The van der Waals surface area contributed by atoms with Gasteiger partial charge in [-0.2, -0.15) is 0 Å². The van der Waals surface area contributed by atoms with Gasteiger partial charge in [0.2, 0.25) is 5.91 Å². The van der Waals surface area contributed by atoms with Gasteiger partial charge < -0.3 is 14.5 Å². The number of fused-ring (bicyclic) bond motifs is 4. The van der Waals surface area contributed by atoms with Crippen LogP contribution in [0.5, 0.6) is 0 Å². The summed E-state index contributed by atoms with van der Waals surface area (Å²) < 4.78 is 4.54. The predicted molar refractivity (Wildman–Crippen MR) is 146 cm³/mol. The minimum absolute atomic E-state index is 0.0388. The van der Waals surface area contributed by atoms with E-state index in [0.29, 0.717) is 13.0 Å². The highest BCUT2D eigenvalue weighted by Gasteiger charge is 2.20. The van der Waals surface area contributed by atoms with E-state index in [1.54, 1.807) is 0 Å². The van der Waals surface area contributed by atoms with Gasteiger partial charge in [0.05, 0.1) is 11.0 Å². The first-order chi connectivity index (χ1) is 17.7. The van der Waals surface area contributed by atoms with Gasteiger partial charge in [0.1, 0.15) is 5.82 Å². The molecule has 0 bridgehead atoms. The number of carbonyl (C=O) groups excluding carboxylic acids is 1. The zero-order valence-corrected chi connectivity index (χ0v) is 20.8. The van der Waals surface area contributed by atoms with Crippen LogP contribution in [0.15, 0.2) is 72.8 Å². The molecule has 0 atom stereocenters. The Labute approximate surface area is 211 Å². The Kier molecular flexibility index (Phi) is 6.06. The molecule has 1 aliphatic rings. The van der Waals surface area contributed by atoms with E-state index in [-0.39, 0.29) is 5.91 Å². The van der Waals surface area contributed by atoms with Gasteiger partial charge in [-0.25, -0.2) is 4.98 Å². The van der Waals surface area contributed by atoms with Crippen LogP contribution in [0.2, 0.25) is 0 Å². The Balaban J connectivity index is 1.15. The maximum atomic E-state index is 12.9. The molecular formula is C31H32N4O. The zero-order valence-electron chi connectivity index (χ0n) is 20.8. The Morgan fingerprint density at radius 3 is 2.61 bits per heavy atom. The number of aryl methyl sites for hydroxylation is 5. The molecule has 0 saturated heterocycles. The Morgan fingerprint density at radius 2 is 1.72 bits per heavy atom. The molecule has 182 valence electrons. The van der Waals surface area contributed by atoms with Gasteiger partial charge in [-0.05, 0) is 67.5 Å². The van der Waals surface area contributed by atoms with Gasteiger partial charge in [0.15, 0.2) is 0 Å². The third kappa shape index (κ3) is 4.30. The summed E-state index contributed by atoms with van der Waals surface area (Å²) >= 11 is 0. The highest BCUT2D eigenvalue weighted by atomic mass is 16.1. The number of nitrogens with zero attached hydrogens (tertiary/aromatic N) is 3. The number of rotatable bonds is 7. The summed E-state index contributed by atoms with van der Waals surface area (Å²) in [6.07, 6.45) is 7.03. The van der Waals surface area contributed by atoms with Crippen molar-refractivity contribution in [1.29, 1.82) is 0 Å². The fraction of sp³-hybridized carbons (Fsp3) is 0.290. The van der Waals surface area contributed by atoms with Gasteiger partial charge in [-0.3, -0.25) is 4.79 Å². The Morgan fingerprint density at radius 1 is 0.917 bits per heavy atom. The SMILES string of the molecule is Cn1c(CCc2ccccc2)nc2cc(NC(=O)CCn3c4c(c5ccccc53)CCCC4)ccc21. The molecule has 1 amide bonds. The lowest BCUT2D eigenvalue weighted by atomic mass is 9.95. The number of hydrogen-bond acceptors (Lipinski definition) is 2. The van der Waals surface area contributed by atoms with E-state index < -0.39 is 0 Å². The first-order valence-electron chi connectivity index (χ1n) is 13.1. The molecule has 1 N–H and O–H groups in total. The van der Waals surface area contributed by atoms with Crippen LogP contribution in [0.3, 0.4) is 0 Å². The van der Waals surface area contributed by atoms with Crippen molar-refractivity contribution >= 4 is 33.5 Å². The number of aromatic nitrogens is 3. The van der Waals surface area contributed by atoms with Crippen LogP contribution >= 0.6 is 0 Å². The van der Waals surface area contributed by atoms with Crippen molar-refractivity contribution in [2.24, 2.45) is 7.05 Å². The molecule has 5 aromatic rings. The van der Waals surface area contributed by atoms with E-state index in [4.69, 9.17) is 4.98 Å². The molecule has 0 unspecified atom stereocenters. The van der Waals surface area contributed by atoms with E-state index in [0.717, 1.165) is 48.2 Å². The average molecular weight is 477 g/mol. The van der Waals surface area contributed by atoms with Crippen LogP contribution < -0.4 is 5.32 Å². The molecule has 0 radical (unpaired) electrons. The summed E-state index contributed by atoms with van der Waals surface area (Å²) in [5, 5.41) is 4.47. The molecular weight excluding hydrogens is 444 g/mol. The predicted octanol–water partition coefficient (Wildman–Crippen LogP) is 6.22. The van der Waals surface area contributed by atoms with E-state index in [1.165, 1.54) is 40.6 Å². The Bertz CT molecular complexity index is 1540. The molecule has 2 aromatic heterocycles. The second kappa shape index (κ2) is 9.65. The van der Waals surface area contributed by atoms with Crippen LogP contribution in [-0.2, 0) is 44.1 Å². The quantitative estimate of drug-likeness (QED) is 0.303. The number of nitrogens with one attached hydrogen (secondary N) is 1. The second-order valence-electron chi connectivity index (χ2n) is 9.88. The third-order valence-corrected chi connectivity index (χ3v) is 7.58. The standard InChI is InChI=1S/C31H32N4O/c1-34-29-17-16-23(21-26(29)33-30(34)18-15-22-9-3-2-4-10-22)32-31(36)19-20-35-27-13-7-5-11-24(27)25-12-6-8-14-28(25)35/h2-5,7,9-11,13,16-17,21H,6,8,12,14-15,18-20H2,1H3,(H,32,36). The lowest BCUT2D eigenvalue weighted by Gasteiger charge is -2.16. The lowest BCUT2D eigenvalue weighted by molar-refractivity contribution is -0.116. The first-order valence-corrected chi connectivity index (χ1v) is 13.1. The zero-order chi connectivity index (χ0) is 24.5. The van der Waals surface area contributed by atoms with Crippen LogP contribution in [0.4, 0.5) is 5.69 Å². The van der Waals surface area contributed by atoms with Crippen molar-refractivity contribution in [2.75, 3.05) is 5.32 Å². The topological polar surface area (TPSA) is 51.9 Å². The Hall–Kier alpha value is -3.86. The van der Waals surface area contributed by atoms with Gasteiger partial charge in [-0.15, -0.1) is 0 Å². The highest BCUT2D eigenvalue weighted by Crippen LogP contribution is 2.32. The molecule has 3 aromatic carbocycles. The summed E-state index contributed by atoms with van der Waals surface area (Å²) in [7, 11) is 2.07. The number of imidazole rings is 1. The van der Waals surface area contributed by atoms with Crippen LogP contribution in [0.25, 0.3) is 21.9 Å². The van der Waals surface area contributed by atoms with E-state index in [2.05, 4.69) is 76.1 Å².